The second kappa shape index (κ2) is 2.83. The van der Waals surface area contributed by atoms with Gasteiger partial charge in [0.05, 0.1) is 11.8 Å². The van der Waals surface area contributed by atoms with E-state index in [-0.39, 0.29) is 6.10 Å². The lowest BCUT2D eigenvalue weighted by molar-refractivity contribution is 0.201. The third-order valence-electron chi connectivity index (χ3n) is 1.80. The van der Waals surface area contributed by atoms with Crippen LogP contribution in [-0.2, 0) is 5.75 Å². The van der Waals surface area contributed by atoms with Gasteiger partial charge in [0, 0.05) is 23.3 Å². The standard InChI is InChI=1S/C8H9NOS/c10-8-5-11-4-7-6(8)2-1-3-9-7/h1-3,8,10H,4-5H2. The van der Waals surface area contributed by atoms with Crippen molar-refractivity contribution in [1.82, 2.24) is 4.98 Å². The number of hydrogen-bond acceptors (Lipinski definition) is 3. The molecule has 0 aromatic carbocycles. The Morgan fingerprint density at radius 3 is 3.36 bits per heavy atom. The second-order valence-electron chi connectivity index (χ2n) is 2.57. The van der Waals surface area contributed by atoms with Gasteiger partial charge in [0.15, 0.2) is 0 Å². The second-order valence-corrected chi connectivity index (χ2v) is 3.60. The summed E-state index contributed by atoms with van der Waals surface area (Å²) in [4.78, 5) is 4.19. The van der Waals surface area contributed by atoms with Crippen LogP contribution in [0.4, 0.5) is 0 Å². The van der Waals surface area contributed by atoms with Crippen LogP contribution in [0.15, 0.2) is 18.3 Å². The van der Waals surface area contributed by atoms with Crippen molar-refractivity contribution in [2.75, 3.05) is 5.75 Å². The lowest BCUT2D eigenvalue weighted by Gasteiger charge is -2.18. The Labute approximate surface area is 69.7 Å². The zero-order valence-electron chi connectivity index (χ0n) is 6.03. The lowest BCUT2D eigenvalue weighted by Crippen LogP contribution is -2.10. The van der Waals surface area contributed by atoms with E-state index in [1.165, 1.54) is 0 Å². The Kier molecular flexibility index (Phi) is 1.84. The summed E-state index contributed by atoms with van der Waals surface area (Å²) in [7, 11) is 0. The summed E-state index contributed by atoms with van der Waals surface area (Å²) in [5, 5.41) is 9.50. The number of thioether (sulfide) groups is 1. The van der Waals surface area contributed by atoms with E-state index < -0.39 is 0 Å². The smallest absolute Gasteiger partial charge is 0.0898 e. The van der Waals surface area contributed by atoms with Crippen LogP contribution in [0.2, 0.25) is 0 Å². The summed E-state index contributed by atoms with van der Waals surface area (Å²) in [6.07, 6.45) is 1.47. The fourth-order valence-electron chi connectivity index (χ4n) is 1.23. The minimum Gasteiger partial charge on any atom is -0.387 e. The van der Waals surface area contributed by atoms with Crippen LogP contribution < -0.4 is 0 Å². The van der Waals surface area contributed by atoms with E-state index in [1.807, 2.05) is 12.1 Å². The Morgan fingerprint density at radius 1 is 1.64 bits per heavy atom. The Morgan fingerprint density at radius 2 is 2.55 bits per heavy atom. The van der Waals surface area contributed by atoms with Gasteiger partial charge in [0.1, 0.15) is 0 Å². The molecule has 3 heteroatoms. The van der Waals surface area contributed by atoms with Crippen molar-refractivity contribution in [3.05, 3.63) is 29.6 Å². The molecule has 1 aromatic heterocycles. The number of pyridine rings is 1. The van der Waals surface area contributed by atoms with E-state index in [9.17, 15) is 5.11 Å². The molecule has 11 heavy (non-hydrogen) atoms. The molecule has 1 unspecified atom stereocenters. The molecular weight excluding hydrogens is 158 g/mol. The first-order chi connectivity index (χ1) is 5.38. The van der Waals surface area contributed by atoms with Gasteiger partial charge in [-0.2, -0.15) is 11.8 Å². The average Bonchev–Trinajstić information content (AvgIpc) is 2.06. The molecule has 0 aliphatic carbocycles. The van der Waals surface area contributed by atoms with Crippen molar-refractivity contribution >= 4 is 11.8 Å². The highest BCUT2D eigenvalue weighted by atomic mass is 32.2. The monoisotopic (exact) mass is 167 g/mol. The molecule has 0 spiro atoms. The minimum atomic E-state index is -0.308. The normalized spacial score (nSPS) is 22.8. The number of aliphatic hydroxyl groups excluding tert-OH is 1. The number of fused-ring (bicyclic) bond motifs is 1. The summed E-state index contributed by atoms with van der Waals surface area (Å²) < 4.78 is 0. The van der Waals surface area contributed by atoms with Crippen LogP contribution in [0.25, 0.3) is 0 Å². The fraction of sp³-hybridized carbons (Fsp3) is 0.375. The molecule has 0 radical (unpaired) electrons. The maximum atomic E-state index is 9.50. The highest BCUT2D eigenvalue weighted by molar-refractivity contribution is 7.98. The number of aliphatic hydroxyl groups is 1. The summed E-state index contributed by atoms with van der Waals surface area (Å²) in [6, 6.07) is 3.82. The Balaban J connectivity index is 2.44. The number of nitrogens with zero attached hydrogens (tertiary/aromatic N) is 1. The third-order valence-corrected chi connectivity index (χ3v) is 2.83. The average molecular weight is 167 g/mol. The maximum absolute atomic E-state index is 9.50. The van der Waals surface area contributed by atoms with Gasteiger partial charge < -0.3 is 5.11 Å². The highest BCUT2D eigenvalue weighted by Gasteiger charge is 2.17. The Hall–Kier alpha value is -0.540. The first kappa shape index (κ1) is 7.13. The van der Waals surface area contributed by atoms with Crippen molar-refractivity contribution < 1.29 is 5.11 Å². The Bertz CT molecular complexity index is 264. The van der Waals surface area contributed by atoms with Gasteiger partial charge in [-0.25, -0.2) is 0 Å². The molecule has 58 valence electrons. The molecule has 0 saturated carbocycles. The molecule has 1 aliphatic heterocycles. The molecule has 0 saturated heterocycles. The van der Waals surface area contributed by atoms with Gasteiger partial charge in [0.25, 0.3) is 0 Å². The molecule has 0 fully saturated rings. The van der Waals surface area contributed by atoms with E-state index in [0.717, 1.165) is 22.8 Å². The van der Waals surface area contributed by atoms with E-state index >= 15 is 0 Å². The number of hydrogen-bond donors (Lipinski definition) is 1. The van der Waals surface area contributed by atoms with Crippen LogP contribution >= 0.6 is 11.8 Å². The van der Waals surface area contributed by atoms with E-state index in [4.69, 9.17) is 0 Å². The number of aromatic nitrogens is 1. The van der Waals surface area contributed by atoms with Crippen LogP contribution in [-0.4, -0.2) is 15.8 Å². The van der Waals surface area contributed by atoms with Gasteiger partial charge in [0.2, 0.25) is 0 Å². The molecule has 2 heterocycles. The van der Waals surface area contributed by atoms with Gasteiger partial charge in [-0.15, -0.1) is 0 Å². The van der Waals surface area contributed by atoms with Crippen molar-refractivity contribution in [3.8, 4) is 0 Å². The van der Waals surface area contributed by atoms with Gasteiger partial charge in [-0.05, 0) is 6.07 Å². The summed E-state index contributed by atoms with van der Waals surface area (Å²) in [5.74, 6) is 1.74. The minimum absolute atomic E-state index is 0.308. The van der Waals surface area contributed by atoms with Gasteiger partial charge in [-0.3, -0.25) is 4.98 Å². The quantitative estimate of drug-likeness (QED) is 0.633. The van der Waals surface area contributed by atoms with Crippen LogP contribution in [0.5, 0.6) is 0 Å². The molecule has 1 aromatic rings. The van der Waals surface area contributed by atoms with Crippen molar-refractivity contribution in [2.45, 2.75) is 11.9 Å². The molecule has 0 bridgehead atoms. The summed E-state index contributed by atoms with van der Waals surface area (Å²) in [5.41, 5.74) is 2.04. The fourth-order valence-corrected chi connectivity index (χ4v) is 2.19. The first-order valence-electron chi connectivity index (χ1n) is 3.57. The van der Waals surface area contributed by atoms with E-state index in [2.05, 4.69) is 4.98 Å². The highest BCUT2D eigenvalue weighted by Crippen LogP contribution is 2.29. The summed E-state index contributed by atoms with van der Waals surface area (Å²) in [6.45, 7) is 0. The van der Waals surface area contributed by atoms with Crippen LogP contribution in [0, 0.1) is 0 Å². The molecular formula is C8H9NOS. The van der Waals surface area contributed by atoms with Crippen LogP contribution in [0.3, 0.4) is 0 Å². The van der Waals surface area contributed by atoms with Crippen molar-refractivity contribution in [2.24, 2.45) is 0 Å². The van der Waals surface area contributed by atoms with E-state index in [1.54, 1.807) is 18.0 Å². The largest absolute Gasteiger partial charge is 0.387 e. The van der Waals surface area contributed by atoms with Crippen molar-refractivity contribution in [1.29, 1.82) is 0 Å². The van der Waals surface area contributed by atoms with Gasteiger partial charge in [-0.1, -0.05) is 6.07 Å². The zero-order valence-corrected chi connectivity index (χ0v) is 6.84. The predicted molar refractivity (Wildman–Crippen MR) is 45.4 cm³/mol. The SMILES string of the molecule is OC1CSCc2ncccc21. The molecule has 0 amide bonds. The van der Waals surface area contributed by atoms with Crippen LogP contribution in [0.1, 0.15) is 17.4 Å². The lowest BCUT2D eigenvalue weighted by atomic mass is 10.1. The van der Waals surface area contributed by atoms with Gasteiger partial charge >= 0.3 is 0 Å². The molecule has 1 aliphatic rings. The molecule has 2 rings (SSSR count). The van der Waals surface area contributed by atoms with E-state index in [0.29, 0.717) is 0 Å². The summed E-state index contributed by atoms with van der Waals surface area (Å²) >= 11 is 1.73. The third kappa shape index (κ3) is 1.26. The first-order valence-corrected chi connectivity index (χ1v) is 4.73. The zero-order chi connectivity index (χ0) is 7.68. The molecule has 1 atom stereocenters. The maximum Gasteiger partial charge on any atom is 0.0898 e. The molecule has 2 nitrogen and oxygen atoms in total. The molecule has 1 N–H and O–H groups in total. The van der Waals surface area contributed by atoms with Crippen molar-refractivity contribution in [3.63, 3.8) is 0 Å². The number of rotatable bonds is 0. The predicted octanol–water partition coefficient (Wildman–Crippen LogP) is 1.36. The topological polar surface area (TPSA) is 33.1 Å².